The molecule has 134 valence electrons. The van der Waals surface area contributed by atoms with Crippen LogP contribution in [0.2, 0.25) is 0 Å². The topological polar surface area (TPSA) is 58.3 Å². The highest BCUT2D eigenvalue weighted by molar-refractivity contribution is 5.79. The number of nitrogens with zero attached hydrogens (tertiary/aromatic N) is 5. The van der Waals surface area contributed by atoms with Gasteiger partial charge in [-0.2, -0.15) is 0 Å². The van der Waals surface area contributed by atoms with Crippen molar-refractivity contribution in [3.8, 4) is 0 Å². The third-order valence-corrected chi connectivity index (χ3v) is 4.67. The molecule has 25 heavy (non-hydrogen) atoms. The van der Waals surface area contributed by atoms with Crippen LogP contribution in [-0.2, 0) is 26.1 Å². The molecule has 0 saturated heterocycles. The van der Waals surface area contributed by atoms with Crippen molar-refractivity contribution in [1.82, 2.24) is 25.0 Å². The molecule has 2 heterocycles. The monoisotopic (exact) mass is 340 g/mol. The summed E-state index contributed by atoms with van der Waals surface area (Å²) in [5, 5.41) is 12.0. The molecule has 0 spiro atoms. The van der Waals surface area contributed by atoms with E-state index in [4.69, 9.17) is 4.99 Å². The molecule has 6 heteroatoms. The zero-order valence-electron chi connectivity index (χ0n) is 15.5. The Morgan fingerprint density at radius 1 is 1.28 bits per heavy atom. The van der Waals surface area contributed by atoms with Crippen LogP contribution in [0, 0.1) is 6.92 Å². The summed E-state index contributed by atoms with van der Waals surface area (Å²) in [6, 6.07) is 8.48. The third kappa shape index (κ3) is 4.18. The molecule has 0 unspecified atom stereocenters. The summed E-state index contributed by atoms with van der Waals surface area (Å²) < 4.78 is 2.23. The van der Waals surface area contributed by atoms with Crippen molar-refractivity contribution < 1.29 is 0 Å². The van der Waals surface area contributed by atoms with E-state index in [0.717, 1.165) is 43.7 Å². The first-order valence-corrected chi connectivity index (χ1v) is 9.14. The van der Waals surface area contributed by atoms with Crippen molar-refractivity contribution >= 4 is 5.96 Å². The van der Waals surface area contributed by atoms with Crippen LogP contribution in [0.15, 0.2) is 29.3 Å². The Morgan fingerprint density at radius 3 is 2.92 bits per heavy atom. The number of benzene rings is 1. The minimum absolute atomic E-state index is 0.563. The fraction of sp³-hybridized carbons (Fsp3) is 0.526. The predicted molar refractivity (Wildman–Crippen MR) is 100 cm³/mol. The summed E-state index contributed by atoms with van der Waals surface area (Å²) in [5.74, 6) is 2.98. The van der Waals surface area contributed by atoms with Crippen LogP contribution in [-0.4, -0.2) is 39.2 Å². The van der Waals surface area contributed by atoms with Crippen LogP contribution in [0.5, 0.6) is 0 Å². The van der Waals surface area contributed by atoms with E-state index < -0.39 is 0 Å². The van der Waals surface area contributed by atoms with Gasteiger partial charge in [0.15, 0.2) is 11.8 Å². The lowest BCUT2D eigenvalue weighted by Crippen LogP contribution is -2.38. The number of fused-ring (bicyclic) bond motifs is 1. The zero-order valence-corrected chi connectivity index (χ0v) is 15.5. The van der Waals surface area contributed by atoms with Gasteiger partial charge in [-0.3, -0.25) is 0 Å². The van der Waals surface area contributed by atoms with Crippen LogP contribution in [0.4, 0.5) is 0 Å². The molecule has 1 aliphatic rings. The Bertz CT molecular complexity index is 733. The molecule has 0 amide bonds. The first-order valence-electron chi connectivity index (χ1n) is 9.14. The second-order valence-electron chi connectivity index (χ2n) is 6.59. The second-order valence-corrected chi connectivity index (χ2v) is 6.59. The number of aryl methyl sites for hydroxylation is 2. The van der Waals surface area contributed by atoms with E-state index in [2.05, 4.69) is 70.1 Å². The van der Waals surface area contributed by atoms with Crippen molar-refractivity contribution in [1.29, 1.82) is 0 Å². The Kier molecular flexibility index (Phi) is 5.68. The van der Waals surface area contributed by atoms with Crippen molar-refractivity contribution in [2.45, 2.75) is 52.7 Å². The molecule has 0 fully saturated rings. The average Bonchev–Trinajstić information content (AvgIpc) is 3.04. The number of rotatable bonds is 5. The van der Waals surface area contributed by atoms with Crippen molar-refractivity contribution in [2.24, 2.45) is 4.99 Å². The summed E-state index contributed by atoms with van der Waals surface area (Å²) in [4.78, 5) is 6.96. The van der Waals surface area contributed by atoms with Crippen LogP contribution in [0.3, 0.4) is 0 Å². The quantitative estimate of drug-likeness (QED) is 0.671. The summed E-state index contributed by atoms with van der Waals surface area (Å²) in [7, 11) is 2.08. The summed E-state index contributed by atoms with van der Waals surface area (Å²) in [5.41, 5.74) is 2.62. The van der Waals surface area contributed by atoms with Crippen molar-refractivity contribution in [3.05, 3.63) is 47.0 Å². The lowest BCUT2D eigenvalue weighted by molar-refractivity contribution is 0.472. The standard InChI is InChI=1S/C19H28N6/c1-4-20-19(24(3)14-16-10-6-5-9-15(16)2)21-13-18-23-22-17-11-7-8-12-25(17)18/h5-6,9-10H,4,7-8,11-14H2,1-3H3,(H,20,21). The molecule has 1 aromatic heterocycles. The molecular formula is C19H28N6. The highest BCUT2D eigenvalue weighted by Gasteiger charge is 2.16. The zero-order chi connectivity index (χ0) is 17.6. The van der Waals surface area contributed by atoms with Gasteiger partial charge in [0.05, 0.1) is 0 Å². The average molecular weight is 340 g/mol. The lowest BCUT2D eigenvalue weighted by atomic mass is 10.1. The number of hydrogen-bond acceptors (Lipinski definition) is 3. The Labute approximate surface area is 150 Å². The molecule has 3 rings (SSSR count). The van der Waals surface area contributed by atoms with Crippen molar-refractivity contribution in [2.75, 3.05) is 13.6 Å². The molecule has 0 saturated carbocycles. The van der Waals surface area contributed by atoms with Gasteiger partial charge in [-0.25, -0.2) is 4.99 Å². The number of aliphatic imine (C=N–C) groups is 1. The number of hydrogen-bond donors (Lipinski definition) is 1. The third-order valence-electron chi connectivity index (χ3n) is 4.67. The molecule has 6 nitrogen and oxygen atoms in total. The predicted octanol–water partition coefficient (Wildman–Crippen LogP) is 2.52. The summed E-state index contributed by atoms with van der Waals surface area (Å²) >= 11 is 0. The Balaban J connectivity index is 1.72. The summed E-state index contributed by atoms with van der Waals surface area (Å²) in [6.07, 6.45) is 3.45. The van der Waals surface area contributed by atoms with Gasteiger partial charge < -0.3 is 14.8 Å². The maximum atomic E-state index is 4.80. The maximum absolute atomic E-state index is 4.80. The van der Waals surface area contributed by atoms with Gasteiger partial charge in [-0.1, -0.05) is 24.3 Å². The van der Waals surface area contributed by atoms with Crippen LogP contribution in [0.1, 0.15) is 42.5 Å². The minimum Gasteiger partial charge on any atom is -0.357 e. The molecule has 2 aromatic rings. The first kappa shape index (κ1) is 17.5. The number of guanidine groups is 1. The molecule has 1 aromatic carbocycles. The van der Waals surface area contributed by atoms with E-state index in [1.165, 1.54) is 24.0 Å². The van der Waals surface area contributed by atoms with Gasteiger partial charge in [-0.05, 0) is 37.8 Å². The van der Waals surface area contributed by atoms with Gasteiger partial charge in [0, 0.05) is 33.1 Å². The molecule has 1 aliphatic heterocycles. The largest absolute Gasteiger partial charge is 0.357 e. The summed E-state index contributed by atoms with van der Waals surface area (Å²) in [6.45, 7) is 7.49. The molecule has 0 atom stereocenters. The highest BCUT2D eigenvalue weighted by atomic mass is 15.3. The van der Waals surface area contributed by atoms with Gasteiger partial charge in [-0.15, -0.1) is 10.2 Å². The lowest BCUT2D eigenvalue weighted by Gasteiger charge is -2.23. The van der Waals surface area contributed by atoms with Crippen molar-refractivity contribution in [3.63, 3.8) is 0 Å². The van der Waals surface area contributed by atoms with E-state index >= 15 is 0 Å². The first-order chi connectivity index (χ1) is 12.2. The SMILES string of the molecule is CCNC(=NCc1nnc2n1CCCC2)N(C)Cc1ccccc1C. The molecule has 0 bridgehead atoms. The van der Waals surface area contributed by atoms with Crippen LogP contribution >= 0.6 is 0 Å². The van der Waals surface area contributed by atoms with Gasteiger partial charge in [0.25, 0.3) is 0 Å². The minimum atomic E-state index is 0.563. The van der Waals surface area contributed by atoms with Crippen LogP contribution < -0.4 is 5.32 Å². The maximum Gasteiger partial charge on any atom is 0.194 e. The van der Waals surface area contributed by atoms with Gasteiger partial charge >= 0.3 is 0 Å². The fourth-order valence-electron chi connectivity index (χ4n) is 3.22. The van der Waals surface area contributed by atoms with E-state index in [9.17, 15) is 0 Å². The molecule has 0 radical (unpaired) electrons. The molecular weight excluding hydrogens is 312 g/mol. The number of nitrogens with one attached hydrogen (secondary N) is 1. The highest BCUT2D eigenvalue weighted by Crippen LogP contribution is 2.15. The van der Waals surface area contributed by atoms with E-state index in [0.29, 0.717) is 6.54 Å². The van der Waals surface area contributed by atoms with Gasteiger partial charge in [0.2, 0.25) is 0 Å². The van der Waals surface area contributed by atoms with E-state index in [1.54, 1.807) is 0 Å². The van der Waals surface area contributed by atoms with E-state index in [1.807, 2.05) is 0 Å². The normalized spacial score (nSPS) is 14.3. The Morgan fingerprint density at radius 2 is 2.12 bits per heavy atom. The fourth-order valence-corrected chi connectivity index (χ4v) is 3.22. The number of aromatic nitrogens is 3. The van der Waals surface area contributed by atoms with Gasteiger partial charge in [0.1, 0.15) is 12.4 Å². The second kappa shape index (κ2) is 8.14. The Hall–Kier alpha value is -2.37. The van der Waals surface area contributed by atoms with E-state index in [-0.39, 0.29) is 0 Å². The van der Waals surface area contributed by atoms with Crippen LogP contribution in [0.25, 0.3) is 0 Å². The smallest absolute Gasteiger partial charge is 0.194 e. The molecule has 1 N–H and O–H groups in total. The molecule has 0 aliphatic carbocycles.